The number of hydrogen-bond donors (Lipinski definition) is 2. The molecule has 1 unspecified atom stereocenters. The molecule has 7 heteroatoms. The van der Waals surface area contributed by atoms with Crippen LogP contribution in [0.4, 0.5) is 10.6 Å². The van der Waals surface area contributed by atoms with Crippen LogP contribution in [0.2, 0.25) is 0 Å². The molecule has 0 spiro atoms. The smallest absolute Gasteiger partial charge is 0.413 e. The maximum atomic E-state index is 11.5. The maximum Gasteiger partial charge on any atom is 0.413 e. The van der Waals surface area contributed by atoms with Crippen molar-refractivity contribution in [3.05, 3.63) is 18.1 Å². The van der Waals surface area contributed by atoms with E-state index in [0.717, 1.165) is 0 Å². The van der Waals surface area contributed by atoms with E-state index in [-0.39, 0.29) is 11.6 Å². The van der Waals surface area contributed by atoms with E-state index in [9.17, 15) is 9.90 Å². The Kier molecular flexibility index (Phi) is 4.57. The summed E-state index contributed by atoms with van der Waals surface area (Å²) in [5, 5.41) is 11.8. The minimum atomic E-state index is -1.23. The molecule has 0 saturated heterocycles. The second-order valence-electron chi connectivity index (χ2n) is 4.52. The Morgan fingerprint density at radius 1 is 1.50 bits per heavy atom. The lowest BCUT2D eigenvalue weighted by atomic mass is 10.2. The molecular weight excluding hydrogens is 238 g/mol. The van der Waals surface area contributed by atoms with Crippen LogP contribution >= 0.6 is 0 Å². The highest BCUT2D eigenvalue weighted by Gasteiger charge is 2.17. The van der Waals surface area contributed by atoms with Crippen LogP contribution in [0, 0.1) is 0 Å². The summed E-state index contributed by atoms with van der Waals surface area (Å²) in [7, 11) is 1.32. The van der Waals surface area contributed by atoms with E-state index in [0.29, 0.717) is 0 Å². The van der Waals surface area contributed by atoms with Gasteiger partial charge in [-0.05, 0) is 26.8 Å². The van der Waals surface area contributed by atoms with Crippen LogP contribution in [0.15, 0.2) is 12.3 Å². The summed E-state index contributed by atoms with van der Waals surface area (Å²) in [5.41, 5.74) is -0.591. The van der Waals surface area contributed by atoms with Crippen molar-refractivity contribution in [1.29, 1.82) is 0 Å². The van der Waals surface area contributed by atoms with Crippen LogP contribution in [-0.4, -0.2) is 33.9 Å². The number of aliphatic hydroxyl groups is 1. The van der Waals surface area contributed by atoms with E-state index in [1.807, 2.05) is 0 Å². The number of anilines is 1. The van der Waals surface area contributed by atoms with Gasteiger partial charge in [-0.25, -0.2) is 14.8 Å². The van der Waals surface area contributed by atoms with Crippen molar-refractivity contribution >= 4 is 11.9 Å². The van der Waals surface area contributed by atoms with Gasteiger partial charge in [-0.15, -0.1) is 0 Å². The van der Waals surface area contributed by atoms with Crippen molar-refractivity contribution in [2.45, 2.75) is 32.7 Å². The summed E-state index contributed by atoms with van der Waals surface area (Å²) in [6.45, 7) is 5.27. The Hall–Kier alpha value is -1.73. The molecule has 0 aliphatic carbocycles. The number of aromatic nitrogens is 2. The zero-order chi connectivity index (χ0) is 13.8. The van der Waals surface area contributed by atoms with Gasteiger partial charge >= 0.3 is 6.09 Å². The first-order chi connectivity index (χ1) is 8.31. The lowest BCUT2D eigenvalue weighted by molar-refractivity contribution is -0.0829. The van der Waals surface area contributed by atoms with Gasteiger partial charge in [0.1, 0.15) is 11.4 Å². The molecule has 18 heavy (non-hydrogen) atoms. The van der Waals surface area contributed by atoms with E-state index in [4.69, 9.17) is 4.74 Å². The third-order valence-electron chi connectivity index (χ3n) is 1.75. The van der Waals surface area contributed by atoms with Gasteiger partial charge in [0.15, 0.2) is 5.82 Å². The van der Waals surface area contributed by atoms with Crippen LogP contribution < -0.4 is 5.32 Å². The first-order valence-electron chi connectivity index (χ1n) is 5.35. The Labute approximate surface area is 105 Å². The molecule has 2 N–H and O–H groups in total. The number of carbonyl (C=O) groups excluding carboxylic acids is 1. The van der Waals surface area contributed by atoms with Gasteiger partial charge in [-0.1, -0.05) is 0 Å². The minimum absolute atomic E-state index is 0.0612. The number of nitrogens with one attached hydrogen (secondary N) is 1. The number of rotatable bonds is 3. The summed E-state index contributed by atoms with van der Waals surface area (Å²) in [6, 6.07) is 1.48. The lowest BCUT2D eigenvalue weighted by Crippen LogP contribution is -2.27. The number of methoxy groups -OCH3 is 1. The molecule has 100 valence electrons. The molecule has 7 nitrogen and oxygen atoms in total. The fourth-order valence-corrected chi connectivity index (χ4v) is 1.08. The van der Waals surface area contributed by atoms with Gasteiger partial charge in [-0.2, -0.15) is 0 Å². The van der Waals surface area contributed by atoms with Crippen molar-refractivity contribution in [2.75, 3.05) is 12.4 Å². The first kappa shape index (κ1) is 14.3. The van der Waals surface area contributed by atoms with Crippen LogP contribution in [0.1, 0.15) is 32.9 Å². The highest BCUT2D eigenvalue weighted by atomic mass is 16.6. The topological polar surface area (TPSA) is 93.6 Å². The Balaban J connectivity index is 2.71. The molecule has 0 bridgehead atoms. The number of hydrogen-bond acceptors (Lipinski definition) is 6. The SMILES string of the molecule is COC(O)c1nccc(NC(=O)OC(C)(C)C)n1. The van der Waals surface area contributed by atoms with Crippen LogP contribution in [-0.2, 0) is 9.47 Å². The Bertz CT molecular complexity index is 417. The van der Waals surface area contributed by atoms with E-state index < -0.39 is 18.0 Å². The van der Waals surface area contributed by atoms with Gasteiger partial charge in [0, 0.05) is 13.3 Å². The van der Waals surface area contributed by atoms with E-state index in [1.165, 1.54) is 19.4 Å². The molecule has 1 heterocycles. The average molecular weight is 255 g/mol. The summed E-state index contributed by atoms with van der Waals surface area (Å²) in [6.07, 6.45) is -0.457. The van der Waals surface area contributed by atoms with Gasteiger partial charge < -0.3 is 14.6 Å². The largest absolute Gasteiger partial charge is 0.444 e. The van der Waals surface area contributed by atoms with Gasteiger partial charge in [-0.3, -0.25) is 5.32 Å². The summed E-state index contributed by atoms with van der Waals surface area (Å²) < 4.78 is 9.73. The fourth-order valence-electron chi connectivity index (χ4n) is 1.08. The highest BCUT2D eigenvalue weighted by Crippen LogP contribution is 2.12. The molecular formula is C11H17N3O4. The molecule has 0 radical (unpaired) electrons. The van der Waals surface area contributed by atoms with Gasteiger partial charge in [0.25, 0.3) is 0 Å². The molecule has 0 aliphatic heterocycles. The van der Waals surface area contributed by atoms with E-state index in [1.54, 1.807) is 20.8 Å². The van der Waals surface area contributed by atoms with Crippen LogP contribution in [0.25, 0.3) is 0 Å². The summed E-state index contributed by atoms with van der Waals surface area (Å²) in [4.78, 5) is 19.2. The summed E-state index contributed by atoms with van der Waals surface area (Å²) >= 11 is 0. The average Bonchev–Trinajstić information content (AvgIpc) is 2.25. The molecule has 1 atom stereocenters. The molecule has 0 saturated carbocycles. The second kappa shape index (κ2) is 5.74. The molecule has 0 aliphatic rings. The predicted molar refractivity (Wildman–Crippen MR) is 63.9 cm³/mol. The predicted octanol–water partition coefficient (Wildman–Crippen LogP) is 1.46. The third-order valence-corrected chi connectivity index (χ3v) is 1.75. The van der Waals surface area contributed by atoms with Crippen molar-refractivity contribution in [2.24, 2.45) is 0 Å². The molecule has 1 amide bonds. The number of amides is 1. The first-order valence-corrected chi connectivity index (χ1v) is 5.35. The Morgan fingerprint density at radius 2 is 2.17 bits per heavy atom. The van der Waals surface area contributed by atoms with E-state index >= 15 is 0 Å². The van der Waals surface area contributed by atoms with Crippen LogP contribution in [0.3, 0.4) is 0 Å². The van der Waals surface area contributed by atoms with Crippen molar-refractivity contribution < 1.29 is 19.4 Å². The Morgan fingerprint density at radius 3 is 2.72 bits per heavy atom. The van der Waals surface area contributed by atoms with Gasteiger partial charge in [0.2, 0.25) is 6.29 Å². The lowest BCUT2D eigenvalue weighted by Gasteiger charge is -2.19. The number of nitrogens with zero attached hydrogens (tertiary/aromatic N) is 2. The quantitative estimate of drug-likeness (QED) is 0.794. The zero-order valence-corrected chi connectivity index (χ0v) is 10.8. The fraction of sp³-hybridized carbons (Fsp3) is 0.545. The molecule has 1 aromatic heterocycles. The number of carbonyl (C=O) groups is 1. The normalized spacial score (nSPS) is 12.9. The minimum Gasteiger partial charge on any atom is -0.444 e. The third kappa shape index (κ3) is 4.64. The van der Waals surface area contributed by atoms with Gasteiger partial charge in [0.05, 0.1) is 0 Å². The molecule has 0 fully saturated rings. The zero-order valence-electron chi connectivity index (χ0n) is 10.8. The monoisotopic (exact) mass is 255 g/mol. The molecule has 1 aromatic rings. The van der Waals surface area contributed by atoms with Crippen molar-refractivity contribution in [3.63, 3.8) is 0 Å². The van der Waals surface area contributed by atoms with E-state index in [2.05, 4.69) is 20.0 Å². The second-order valence-corrected chi connectivity index (χ2v) is 4.52. The maximum absolute atomic E-state index is 11.5. The molecule has 0 aromatic carbocycles. The van der Waals surface area contributed by atoms with Crippen LogP contribution in [0.5, 0.6) is 0 Å². The summed E-state index contributed by atoms with van der Waals surface area (Å²) in [5.74, 6) is 0.288. The number of ether oxygens (including phenoxy) is 2. The molecule has 1 rings (SSSR count). The van der Waals surface area contributed by atoms with Crippen molar-refractivity contribution in [1.82, 2.24) is 9.97 Å². The number of aliphatic hydroxyl groups excluding tert-OH is 1. The standard InChI is InChI=1S/C11H17N3O4/c1-11(2,3)18-10(16)14-7-5-6-12-8(13-7)9(15)17-4/h5-6,9,15H,1-4H3,(H,12,13,14,16). The van der Waals surface area contributed by atoms with Crippen molar-refractivity contribution in [3.8, 4) is 0 Å². The highest BCUT2D eigenvalue weighted by molar-refractivity contribution is 5.83.